The van der Waals surface area contributed by atoms with Gasteiger partial charge in [0.05, 0.1) is 13.0 Å². The minimum Gasteiger partial charge on any atom is -0.497 e. The molecule has 26 heavy (non-hydrogen) atoms. The molecule has 0 N–H and O–H groups in total. The van der Waals surface area contributed by atoms with Gasteiger partial charge in [-0.1, -0.05) is 13.0 Å². The van der Waals surface area contributed by atoms with Crippen molar-refractivity contribution in [2.45, 2.75) is 12.8 Å². The van der Waals surface area contributed by atoms with Crippen molar-refractivity contribution in [1.29, 1.82) is 0 Å². The summed E-state index contributed by atoms with van der Waals surface area (Å²) in [5.74, 6) is 0.481. The Morgan fingerprint density at radius 3 is 2.54 bits per heavy atom. The lowest BCUT2D eigenvalue weighted by Crippen LogP contribution is -2.25. The Kier molecular flexibility index (Phi) is 5.06. The number of hydrogen-bond acceptors (Lipinski definition) is 6. The normalized spacial score (nSPS) is 14.5. The molecule has 2 unspecified atom stereocenters. The summed E-state index contributed by atoms with van der Waals surface area (Å²) in [5.41, 5.74) is 1.17. The van der Waals surface area contributed by atoms with Gasteiger partial charge in [-0.3, -0.25) is 14.9 Å². The first-order valence-corrected chi connectivity index (χ1v) is 8.19. The van der Waals surface area contributed by atoms with Crippen molar-refractivity contribution in [2.75, 3.05) is 20.4 Å². The fraction of sp³-hybridized carbons (Fsp3) is 0.316. The molecular weight excluding hydrogens is 338 g/mol. The number of carbonyl (C=O) groups excluding carboxylic acids is 1. The van der Waals surface area contributed by atoms with Gasteiger partial charge in [0.1, 0.15) is 5.75 Å². The van der Waals surface area contributed by atoms with Crippen LogP contribution in [0.15, 0.2) is 42.5 Å². The molecule has 2 atom stereocenters. The molecule has 2 aromatic carbocycles. The van der Waals surface area contributed by atoms with Crippen LogP contribution in [0.3, 0.4) is 0 Å². The number of nitro groups is 1. The highest BCUT2D eigenvalue weighted by molar-refractivity contribution is 5.98. The molecule has 136 valence electrons. The van der Waals surface area contributed by atoms with E-state index in [1.54, 1.807) is 56.5 Å². The van der Waals surface area contributed by atoms with Gasteiger partial charge in [0, 0.05) is 16.4 Å². The van der Waals surface area contributed by atoms with E-state index < -0.39 is 16.8 Å². The maximum Gasteiger partial charge on any atom is 0.231 e. The van der Waals surface area contributed by atoms with Gasteiger partial charge >= 0.3 is 0 Å². The number of benzene rings is 2. The molecule has 3 rings (SSSR count). The van der Waals surface area contributed by atoms with Crippen LogP contribution in [0.2, 0.25) is 0 Å². The zero-order valence-electron chi connectivity index (χ0n) is 14.5. The van der Waals surface area contributed by atoms with Crippen molar-refractivity contribution < 1.29 is 23.9 Å². The number of ketones is 1. The van der Waals surface area contributed by atoms with Crippen molar-refractivity contribution in [3.05, 3.63) is 63.7 Å². The molecule has 1 heterocycles. The maximum absolute atomic E-state index is 12.9. The van der Waals surface area contributed by atoms with Gasteiger partial charge in [0.2, 0.25) is 13.3 Å². The summed E-state index contributed by atoms with van der Waals surface area (Å²) in [6.07, 6.45) is 0. The molecule has 0 aromatic heterocycles. The monoisotopic (exact) mass is 357 g/mol. The van der Waals surface area contributed by atoms with E-state index in [1.807, 2.05) is 0 Å². The molecular formula is C19H19NO6. The molecule has 0 spiro atoms. The molecule has 0 bridgehead atoms. The van der Waals surface area contributed by atoms with E-state index in [-0.39, 0.29) is 19.1 Å². The van der Waals surface area contributed by atoms with Crippen LogP contribution in [-0.2, 0) is 0 Å². The largest absolute Gasteiger partial charge is 0.497 e. The maximum atomic E-state index is 12.9. The van der Waals surface area contributed by atoms with E-state index in [9.17, 15) is 14.9 Å². The van der Waals surface area contributed by atoms with Gasteiger partial charge in [-0.25, -0.2) is 0 Å². The number of rotatable bonds is 7. The topological polar surface area (TPSA) is 87.9 Å². The van der Waals surface area contributed by atoms with Crippen LogP contribution < -0.4 is 14.2 Å². The second kappa shape index (κ2) is 7.43. The third kappa shape index (κ3) is 3.61. The number of ether oxygens (including phenoxy) is 3. The number of fused-ring (bicyclic) bond motifs is 1. The number of nitrogens with zero attached hydrogens (tertiary/aromatic N) is 1. The minimum atomic E-state index is -0.575. The first-order valence-electron chi connectivity index (χ1n) is 8.19. The third-order valence-electron chi connectivity index (χ3n) is 4.56. The van der Waals surface area contributed by atoms with Gasteiger partial charge in [0.25, 0.3) is 0 Å². The van der Waals surface area contributed by atoms with Crippen molar-refractivity contribution in [3.63, 3.8) is 0 Å². The zero-order valence-corrected chi connectivity index (χ0v) is 14.5. The first-order chi connectivity index (χ1) is 12.5. The molecule has 1 aliphatic rings. The lowest BCUT2D eigenvalue weighted by atomic mass is 9.82. The molecule has 0 amide bonds. The van der Waals surface area contributed by atoms with Gasteiger partial charge in [-0.05, 0) is 42.0 Å². The highest BCUT2D eigenvalue weighted by Crippen LogP contribution is 2.37. The highest BCUT2D eigenvalue weighted by Gasteiger charge is 2.31. The zero-order chi connectivity index (χ0) is 18.7. The predicted molar refractivity (Wildman–Crippen MR) is 93.7 cm³/mol. The van der Waals surface area contributed by atoms with Gasteiger partial charge < -0.3 is 14.2 Å². The molecule has 1 aliphatic heterocycles. The molecule has 7 heteroatoms. The van der Waals surface area contributed by atoms with Crippen molar-refractivity contribution >= 4 is 5.78 Å². The Balaban J connectivity index is 1.88. The Bertz CT molecular complexity index is 817. The van der Waals surface area contributed by atoms with Crippen molar-refractivity contribution in [2.24, 2.45) is 5.92 Å². The van der Waals surface area contributed by atoms with Crippen LogP contribution in [0.5, 0.6) is 17.2 Å². The van der Waals surface area contributed by atoms with E-state index in [0.29, 0.717) is 28.4 Å². The summed E-state index contributed by atoms with van der Waals surface area (Å²) in [6, 6.07) is 11.9. The standard InChI is InChI=1S/C19H19NO6/c1-12(19(21)13-3-6-15(24-2)7-4-13)16(10-20(22)23)14-5-8-17-18(9-14)26-11-25-17/h3-9,12,16H,10-11H2,1-2H3. The molecule has 0 saturated heterocycles. The molecule has 0 aliphatic carbocycles. The highest BCUT2D eigenvalue weighted by atomic mass is 16.7. The van der Waals surface area contributed by atoms with Crippen molar-refractivity contribution in [1.82, 2.24) is 0 Å². The third-order valence-corrected chi connectivity index (χ3v) is 4.56. The Hall–Kier alpha value is -3.09. The summed E-state index contributed by atoms with van der Waals surface area (Å²) < 4.78 is 15.7. The predicted octanol–water partition coefficient (Wildman–Crippen LogP) is 3.30. The van der Waals surface area contributed by atoms with E-state index in [1.165, 1.54) is 0 Å². The molecule has 0 radical (unpaired) electrons. The lowest BCUT2D eigenvalue weighted by molar-refractivity contribution is -0.484. The van der Waals surface area contributed by atoms with Crippen LogP contribution in [0.4, 0.5) is 0 Å². The second-order valence-electron chi connectivity index (χ2n) is 6.12. The molecule has 2 aromatic rings. The van der Waals surface area contributed by atoms with Crippen molar-refractivity contribution in [3.8, 4) is 17.2 Å². The minimum absolute atomic E-state index is 0.124. The Morgan fingerprint density at radius 2 is 1.88 bits per heavy atom. The number of carbonyl (C=O) groups is 1. The van der Waals surface area contributed by atoms with Gasteiger partial charge in [0.15, 0.2) is 17.3 Å². The average molecular weight is 357 g/mol. The quantitative estimate of drug-likeness (QED) is 0.429. The second-order valence-corrected chi connectivity index (χ2v) is 6.12. The number of hydrogen-bond donors (Lipinski definition) is 0. The summed E-state index contributed by atoms with van der Waals surface area (Å²) in [6.45, 7) is 1.49. The van der Waals surface area contributed by atoms with E-state index in [0.717, 1.165) is 0 Å². The summed E-state index contributed by atoms with van der Waals surface area (Å²) >= 11 is 0. The van der Waals surface area contributed by atoms with E-state index in [4.69, 9.17) is 14.2 Å². The molecule has 0 saturated carbocycles. The van der Waals surface area contributed by atoms with Crippen LogP contribution in [0.25, 0.3) is 0 Å². The van der Waals surface area contributed by atoms with Crippen LogP contribution >= 0.6 is 0 Å². The number of methoxy groups -OCH3 is 1. The average Bonchev–Trinajstić information content (AvgIpc) is 3.12. The van der Waals surface area contributed by atoms with Gasteiger partial charge in [-0.15, -0.1) is 0 Å². The fourth-order valence-corrected chi connectivity index (χ4v) is 3.06. The molecule has 7 nitrogen and oxygen atoms in total. The number of Topliss-reactive ketones (excluding diaryl/α,β-unsaturated/α-hetero) is 1. The Morgan fingerprint density at radius 1 is 1.19 bits per heavy atom. The fourth-order valence-electron chi connectivity index (χ4n) is 3.06. The van der Waals surface area contributed by atoms with Crippen LogP contribution in [0, 0.1) is 16.0 Å². The summed E-state index contributed by atoms with van der Waals surface area (Å²) in [5, 5.41) is 11.2. The van der Waals surface area contributed by atoms with E-state index in [2.05, 4.69) is 0 Å². The lowest BCUT2D eigenvalue weighted by Gasteiger charge is -2.20. The smallest absolute Gasteiger partial charge is 0.231 e. The molecule has 0 fully saturated rings. The van der Waals surface area contributed by atoms with Gasteiger partial charge in [-0.2, -0.15) is 0 Å². The van der Waals surface area contributed by atoms with Crippen LogP contribution in [0.1, 0.15) is 28.8 Å². The van der Waals surface area contributed by atoms with Crippen LogP contribution in [-0.4, -0.2) is 31.2 Å². The Labute approximate surface area is 150 Å². The summed E-state index contributed by atoms with van der Waals surface area (Å²) in [4.78, 5) is 23.6. The van der Waals surface area contributed by atoms with E-state index >= 15 is 0 Å². The first kappa shape index (κ1) is 17.7. The summed E-state index contributed by atoms with van der Waals surface area (Å²) in [7, 11) is 1.55. The SMILES string of the molecule is COc1ccc(C(=O)C(C)C(C[N+](=O)[O-])c2ccc3c(c2)OCO3)cc1.